The van der Waals surface area contributed by atoms with Gasteiger partial charge in [-0.25, -0.2) is 4.98 Å². The third kappa shape index (κ3) is 4.19. The van der Waals surface area contributed by atoms with Crippen molar-refractivity contribution in [2.75, 3.05) is 24.1 Å². The van der Waals surface area contributed by atoms with Crippen LogP contribution in [0.4, 0.5) is 17.2 Å². The molecule has 1 heterocycles. The molecule has 6 nitrogen and oxygen atoms in total. The summed E-state index contributed by atoms with van der Waals surface area (Å²) >= 11 is 0. The van der Waals surface area contributed by atoms with Gasteiger partial charge in [-0.3, -0.25) is 4.72 Å². The van der Waals surface area contributed by atoms with E-state index >= 15 is 0 Å². The Balaban J connectivity index is 2.05. The Kier molecular flexibility index (Phi) is 4.99. The summed E-state index contributed by atoms with van der Waals surface area (Å²) in [5.41, 5.74) is 3.02. The van der Waals surface area contributed by atoms with Crippen molar-refractivity contribution in [2.45, 2.75) is 13.3 Å². The van der Waals surface area contributed by atoms with Crippen LogP contribution in [0, 0.1) is 0 Å². The van der Waals surface area contributed by atoms with Gasteiger partial charge in [0.2, 0.25) is 0 Å². The van der Waals surface area contributed by atoms with Gasteiger partial charge in [-0.2, -0.15) is 12.7 Å². The predicted octanol–water partition coefficient (Wildman–Crippen LogP) is 2.61. The molecule has 1 aromatic heterocycles. The molecule has 2 rings (SSSR count). The number of hydrogen-bond donors (Lipinski definition) is 2. The first-order valence-corrected chi connectivity index (χ1v) is 8.37. The van der Waals surface area contributed by atoms with Crippen molar-refractivity contribution in [3.05, 3.63) is 48.2 Å². The molecule has 0 unspecified atom stereocenters. The van der Waals surface area contributed by atoms with Crippen molar-refractivity contribution in [1.82, 2.24) is 9.29 Å². The van der Waals surface area contributed by atoms with E-state index in [4.69, 9.17) is 0 Å². The molecule has 0 saturated carbocycles. The quantitative estimate of drug-likeness (QED) is 0.858. The molecule has 0 bridgehead atoms. The topological polar surface area (TPSA) is 74.3 Å². The number of hydrogen-bond acceptors (Lipinski definition) is 4. The first-order chi connectivity index (χ1) is 10.4. The highest BCUT2D eigenvalue weighted by Gasteiger charge is 2.13. The van der Waals surface area contributed by atoms with Crippen LogP contribution in [-0.4, -0.2) is 31.8 Å². The van der Waals surface area contributed by atoms with Crippen LogP contribution in [0.5, 0.6) is 0 Å². The van der Waals surface area contributed by atoms with Crippen LogP contribution in [0.25, 0.3) is 0 Å². The van der Waals surface area contributed by atoms with E-state index < -0.39 is 10.2 Å². The lowest BCUT2D eigenvalue weighted by Crippen LogP contribution is -2.29. The van der Waals surface area contributed by atoms with Crippen LogP contribution in [0.15, 0.2) is 42.6 Å². The van der Waals surface area contributed by atoms with Gasteiger partial charge in [0.1, 0.15) is 5.82 Å². The minimum Gasteiger partial charge on any atom is -0.354 e. The molecule has 0 aliphatic heterocycles. The molecule has 2 aromatic rings. The summed E-state index contributed by atoms with van der Waals surface area (Å²) in [5, 5.41) is 3.22. The number of pyridine rings is 1. The van der Waals surface area contributed by atoms with E-state index in [1.54, 1.807) is 18.3 Å². The Hall–Kier alpha value is -2.12. The Bertz CT molecular complexity index is 710. The molecular formula is C15H20N4O2S. The van der Waals surface area contributed by atoms with Crippen molar-refractivity contribution in [2.24, 2.45) is 0 Å². The Morgan fingerprint density at radius 3 is 2.18 bits per heavy atom. The van der Waals surface area contributed by atoms with Gasteiger partial charge in [-0.15, -0.1) is 0 Å². The predicted molar refractivity (Wildman–Crippen MR) is 89.6 cm³/mol. The highest BCUT2D eigenvalue weighted by Crippen LogP contribution is 2.18. The number of nitrogens with one attached hydrogen (secondary N) is 2. The summed E-state index contributed by atoms with van der Waals surface area (Å²) < 4.78 is 26.9. The molecule has 22 heavy (non-hydrogen) atoms. The highest BCUT2D eigenvalue weighted by atomic mass is 32.2. The lowest BCUT2D eigenvalue weighted by atomic mass is 10.1. The molecule has 0 spiro atoms. The normalized spacial score (nSPS) is 11.5. The van der Waals surface area contributed by atoms with Gasteiger partial charge in [0.15, 0.2) is 0 Å². The number of nitrogens with zero attached hydrogens (tertiary/aromatic N) is 2. The van der Waals surface area contributed by atoms with E-state index in [0.717, 1.165) is 22.1 Å². The first-order valence-electron chi connectivity index (χ1n) is 6.93. The molecule has 0 aliphatic rings. The van der Waals surface area contributed by atoms with Gasteiger partial charge in [-0.05, 0) is 36.2 Å². The molecule has 0 atom stereocenters. The zero-order valence-corrected chi connectivity index (χ0v) is 13.7. The standard InChI is InChI=1S/C15H20N4O2S/c1-4-12-5-7-13(8-6-12)17-14-9-10-15(16-11-14)18-22(20,21)19(2)3/h5-11,17H,4H2,1-3H3,(H,16,18). The van der Waals surface area contributed by atoms with Crippen LogP contribution in [0.2, 0.25) is 0 Å². The maximum atomic E-state index is 11.7. The van der Waals surface area contributed by atoms with Crippen LogP contribution in [-0.2, 0) is 16.6 Å². The SMILES string of the molecule is CCc1ccc(Nc2ccc(NS(=O)(=O)N(C)C)nc2)cc1. The number of aryl methyl sites for hydroxylation is 1. The van der Waals surface area contributed by atoms with Gasteiger partial charge in [0.05, 0.1) is 11.9 Å². The van der Waals surface area contributed by atoms with Gasteiger partial charge >= 0.3 is 10.2 Å². The zero-order valence-electron chi connectivity index (χ0n) is 12.9. The molecule has 7 heteroatoms. The molecule has 0 aliphatic carbocycles. The third-order valence-electron chi connectivity index (χ3n) is 3.13. The Labute approximate surface area is 131 Å². The van der Waals surface area contributed by atoms with Crippen LogP contribution >= 0.6 is 0 Å². The van der Waals surface area contributed by atoms with Crippen molar-refractivity contribution in [3.63, 3.8) is 0 Å². The number of benzene rings is 1. The minimum absolute atomic E-state index is 0.278. The third-order valence-corrected chi connectivity index (χ3v) is 4.56. The maximum Gasteiger partial charge on any atom is 0.302 e. The van der Waals surface area contributed by atoms with Crippen LogP contribution in [0.3, 0.4) is 0 Å². The molecular weight excluding hydrogens is 300 g/mol. The van der Waals surface area contributed by atoms with Crippen LogP contribution < -0.4 is 10.0 Å². The summed E-state index contributed by atoms with van der Waals surface area (Å²) in [6, 6.07) is 11.5. The van der Waals surface area contributed by atoms with Crippen molar-refractivity contribution < 1.29 is 8.42 Å². The van der Waals surface area contributed by atoms with Gasteiger partial charge in [0, 0.05) is 19.8 Å². The summed E-state index contributed by atoms with van der Waals surface area (Å²) in [6.07, 6.45) is 2.59. The smallest absolute Gasteiger partial charge is 0.302 e. The lowest BCUT2D eigenvalue weighted by molar-refractivity contribution is 0.526. The van der Waals surface area contributed by atoms with Gasteiger partial charge in [0.25, 0.3) is 0 Å². The number of aromatic nitrogens is 1. The molecule has 0 amide bonds. The average Bonchev–Trinajstić information content (AvgIpc) is 2.49. The fourth-order valence-electron chi connectivity index (χ4n) is 1.74. The van der Waals surface area contributed by atoms with E-state index in [1.807, 2.05) is 12.1 Å². The Morgan fingerprint density at radius 2 is 1.68 bits per heavy atom. The summed E-state index contributed by atoms with van der Waals surface area (Å²) in [4.78, 5) is 4.10. The van der Waals surface area contributed by atoms with Crippen molar-refractivity contribution in [3.8, 4) is 0 Å². The second-order valence-corrected chi connectivity index (χ2v) is 6.88. The van der Waals surface area contributed by atoms with Crippen molar-refractivity contribution >= 4 is 27.4 Å². The maximum absolute atomic E-state index is 11.7. The molecule has 0 radical (unpaired) electrons. The van der Waals surface area contributed by atoms with E-state index in [9.17, 15) is 8.42 Å². The number of rotatable bonds is 6. The fraction of sp³-hybridized carbons (Fsp3) is 0.267. The van der Waals surface area contributed by atoms with E-state index in [-0.39, 0.29) is 5.82 Å². The minimum atomic E-state index is -3.53. The first kappa shape index (κ1) is 16.3. The summed E-state index contributed by atoms with van der Waals surface area (Å²) in [7, 11) is -0.617. The van der Waals surface area contributed by atoms with E-state index in [1.165, 1.54) is 19.7 Å². The summed E-state index contributed by atoms with van der Waals surface area (Å²) in [6.45, 7) is 2.11. The lowest BCUT2D eigenvalue weighted by Gasteiger charge is -2.13. The monoisotopic (exact) mass is 320 g/mol. The van der Waals surface area contributed by atoms with E-state index in [0.29, 0.717) is 0 Å². The average molecular weight is 320 g/mol. The molecule has 2 N–H and O–H groups in total. The molecule has 0 fully saturated rings. The Morgan fingerprint density at radius 1 is 1.05 bits per heavy atom. The van der Waals surface area contributed by atoms with Gasteiger partial charge in [-0.1, -0.05) is 19.1 Å². The molecule has 118 valence electrons. The highest BCUT2D eigenvalue weighted by molar-refractivity contribution is 7.90. The second-order valence-electron chi connectivity index (χ2n) is 5.00. The largest absolute Gasteiger partial charge is 0.354 e. The molecule has 0 saturated heterocycles. The zero-order chi connectivity index (χ0) is 16.2. The van der Waals surface area contributed by atoms with E-state index in [2.05, 4.69) is 34.1 Å². The molecule has 1 aromatic carbocycles. The second kappa shape index (κ2) is 6.76. The van der Waals surface area contributed by atoms with Crippen LogP contribution in [0.1, 0.15) is 12.5 Å². The van der Waals surface area contributed by atoms with Gasteiger partial charge < -0.3 is 5.32 Å². The fourth-order valence-corrected chi connectivity index (χ4v) is 2.31. The summed E-state index contributed by atoms with van der Waals surface area (Å²) in [5.74, 6) is 0.278. The van der Waals surface area contributed by atoms with Crippen molar-refractivity contribution in [1.29, 1.82) is 0 Å². The number of anilines is 3.